The van der Waals surface area contributed by atoms with Crippen molar-refractivity contribution in [1.29, 1.82) is 0 Å². The van der Waals surface area contributed by atoms with Gasteiger partial charge in [0.05, 0.1) is 0 Å². The fourth-order valence-corrected chi connectivity index (χ4v) is 2.04. The molecule has 3 N–H and O–H groups in total. The smallest absolute Gasteiger partial charge is 0.319 e. The molecular formula is C7H15NO3S. The molecule has 0 bridgehead atoms. The number of nitrogens with two attached hydrogens (primary N) is 1. The summed E-state index contributed by atoms with van der Waals surface area (Å²) in [5.74, 6) is -1.02. The van der Waals surface area contributed by atoms with Crippen molar-refractivity contribution in [3.8, 4) is 0 Å². The van der Waals surface area contributed by atoms with Gasteiger partial charge >= 0.3 is 5.97 Å². The highest BCUT2D eigenvalue weighted by Crippen LogP contribution is 2.07. The first kappa shape index (κ1) is 11.6. The molecule has 12 heavy (non-hydrogen) atoms. The molecule has 0 aromatic heterocycles. The van der Waals surface area contributed by atoms with E-state index in [4.69, 9.17) is 10.8 Å². The van der Waals surface area contributed by atoms with Crippen LogP contribution in [0.4, 0.5) is 0 Å². The van der Waals surface area contributed by atoms with Crippen LogP contribution in [0.5, 0.6) is 0 Å². The van der Waals surface area contributed by atoms with Crippen LogP contribution in [0.3, 0.4) is 0 Å². The van der Waals surface area contributed by atoms with E-state index in [0.29, 0.717) is 0 Å². The third kappa shape index (κ3) is 3.32. The summed E-state index contributed by atoms with van der Waals surface area (Å²) in [6.07, 6.45) is 0.278. The molecule has 0 saturated heterocycles. The standard InChI is InChI=1S/C7H15NO3S/c1-5(2)12(11)6(3-4-8)7(9)10/h5-6H,3-4,8H2,1-2H3,(H,9,10). The molecule has 0 aromatic carbocycles. The minimum atomic E-state index is -1.32. The average molecular weight is 193 g/mol. The highest BCUT2D eigenvalue weighted by Gasteiger charge is 2.25. The largest absolute Gasteiger partial charge is 0.480 e. The van der Waals surface area contributed by atoms with E-state index >= 15 is 0 Å². The second-order valence-corrected chi connectivity index (χ2v) is 4.95. The summed E-state index contributed by atoms with van der Waals surface area (Å²) in [5, 5.41) is 7.74. The van der Waals surface area contributed by atoms with Gasteiger partial charge in [-0.3, -0.25) is 9.00 Å². The minimum Gasteiger partial charge on any atom is -0.480 e. The molecule has 0 fully saturated rings. The second-order valence-electron chi connectivity index (χ2n) is 2.78. The zero-order valence-electron chi connectivity index (χ0n) is 7.32. The van der Waals surface area contributed by atoms with E-state index in [2.05, 4.69) is 0 Å². The monoisotopic (exact) mass is 193 g/mol. The van der Waals surface area contributed by atoms with Crippen LogP contribution in [0.25, 0.3) is 0 Å². The Kier molecular flexibility index (Phi) is 5.08. The van der Waals surface area contributed by atoms with Crippen LogP contribution in [0.2, 0.25) is 0 Å². The summed E-state index contributed by atoms with van der Waals surface area (Å²) in [4.78, 5) is 10.6. The van der Waals surface area contributed by atoms with E-state index in [1.165, 1.54) is 0 Å². The van der Waals surface area contributed by atoms with Crippen molar-refractivity contribution in [3.05, 3.63) is 0 Å². The van der Waals surface area contributed by atoms with Crippen molar-refractivity contribution in [2.24, 2.45) is 5.73 Å². The van der Waals surface area contributed by atoms with Gasteiger partial charge < -0.3 is 10.8 Å². The summed E-state index contributed by atoms with van der Waals surface area (Å²) in [5.41, 5.74) is 5.21. The van der Waals surface area contributed by atoms with Crippen LogP contribution >= 0.6 is 0 Å². The summed E-state index contributed by atoms with van der Waals surface area (Å²) in [6.45, 7) is 3.74. The van der Waals surface area contributed by atoms with Crippen molar-refractivity contribution in [2.45, 2.75) is 30.8 Å². The number of carbonyl (C=O) groups is 1. The topological polar surface area (TPSA) is 80.4 Å². The van der Waals surface area contributed by atoms with Crippen LogP contribution in [0.1, 0.15) is 20.3 Å². The van der Waals surface area contributed by atoms with Gasteiger partial charge in [-0.1, -0.05) is 13.8 Å². The maximum absolute atomic E-state index is 11.3. The molecule has 0 spiro atoms. The lowest BCUT2D eigenvalue weighted by molar-refractivity contribution is -0.136. The molecule has 2 unspecified atom stereocenters. The highest BCUT2D eigenvalue weighted by molar-refractivity contribution is 7.87. The van der Waals surface area contributed by atoms with Crippen LogP contribution in [-0.2, 0) is 15.6 Å². The third-order valence-corrected chi connectivity index (χ3v) is 3.38. The number of rotatable bonds is 5. The lowest BCUT2D eigenvalue weighted by atomic mass is 10.3. The molecule has 0 aliphatic heterocycles. The summed E-state index contributed by atoms with van der Waals surface area (Å²) in [7, 11) is -1.32. The SMILES string of the molecule is CC(C)S(=O)C(CCN)C(=O)O. The van der Waals surface area contributed by atoms with Gasteiger partial charge in [-0.25, -0.2) is 0 Å². The van der Waals surface area contributed by atoms with Crippen LogP contribution in [-0.4, -0.2) is 32.3 Å². The molecule has 0 radical (unpaired) electrons. The molecule has 0 rings (SSSR count). The van der Waals surface area contributed by atoms with E-state index < -0.39 is 22.0 Å². The lowest BCUT2D eigenvalue weighted by Gasteiger charge is -2.13. The second kappa shape index (κ2) is 5.27. The normalized spacial score (nSPS) is 16.0. The van der Waals surface area contributed by atoms with Gasteiger partial charge in [0.25, 0.3) is 0 Å². The maximum Gasteiger partial charge on any atom is 0.319 e. The number of hydrogen-bond acceptors (Lipinski definition) is 3. The molecule has 5 heteroatoms. The Morgan fingerprint density at radius 1 is 1.58 bits per heavy atom. The molecule has 0 heterocycles. The Morgan fingerprint density at radius 3 is 2.33 bits per heavy atom. The van der Waals surface area contributed by atoms with Gasteiger partial charge in [0.15, 0.2) is 0 Å². The van der Waals surface area contributed by atoms with Gasteiger partial charge in [-0.2, -0.15) is 0 Å². The van der Waals surface area contributed by atoms with Crippen molar-refractivity contribution < 1.29 is 14.1 Å². The van der Waals surface area contributed by atoms with Crippen LogP contribution in [0.15, 0.2) is 0 Å². The Labute approximate surface area is 74.6 Å². The number of carboxylic acid groups (broad SMARTS) is 1. The fourth-order valence-electron chi connectivity index (χ4n) is 0.819. The lowest BCUT2D eigenvalue weighted by Crippen LogP contribution is -2.32. The molecule has 0 aliphatic rings. The molecular weight excluding hydrogens is 178 g/mol. The molecule has 4 nitrogen and oxygen atoms in total. The van der Waals surface area contributed by atoms with E-state index in [1.807, 2.05) is 0 Å². The van der Waals surface area contributed by atoms with Crippen molar-refractivity contribution in [2.75, 3.05) is 6.54 Å². The van der Waals surface area contributed by atoms with Gasteiger partial charge in [0.1, 0.15) is 5.25 Å². The minimum absolute atomic E-state index is 0.127. The number of carboxylic acids is 1. The molecule has 0 saturated carbocycles. The Morgan fingerprint density at radius 2 is 2.08 bits per heavy atom. The molecule has 0 aromatic rings. The molecule has 72 valence electrons. The van der Waals surface area contributed by atoms with E-state index in [0.717, 1.165) is 0 Å². The zero-order chi connectivity index (χ0) is 9.72. The summed E-state index contributed by atoms with van der Waals surface area (Å²) >= 11 is 0. The summed E-state index contributed by atoms with van der Waals surface area (Å²) < 4.78 is 11.3. The van der Waals surface area contributed by atoms with E-state index in [-0.39, 0.29) is 18.2 Å². The summed E-state index contributed by atoms with van der Waals surface area (Å²) in [6, 6.07) is 0. The Balaban J connectivity index is 4.30. The van der Waals surface area contributed by atoms with Crippen LogP contribution in [0, 0.1) is 0 Å². The van der Waals surface area contributed by atoms with Gasteiger partial charge in [-0.05, 0) is 13.0 Å². The van der Waals surface area contributed by atoms with Gasteiger partial charge in [0.2, 0.25) is 0 Å². The first-order chi connectivity index (χ1) is 5.50. The van der Waals surface area contributed by atoms with Crippen molar-refractivity contribution in [3.63, 3.8) is 0 Å². The van der Waals surface area contributed by atoms with Gasteiger partial charge in [-0.15, -0.1) is 0 Å². The molecule has 0 amide bonds. The van der Waals surface area contributed by atoms with Crippen molar-refractivity contribution >= 4 is 16.8 Å². The maximum atomic E-state index is 11.3. The number of hydrogen-bond donors (Lipinski definition) is 2. The third-order valence-electron chi connectivity index (χ3n) is 1.45. The fraction of sp³-hybridized carbons (Fsp3) is 0.857. The predicted octanol–water partition coefficient (Wildman–Crippen LogP) is -0.0545. The van der Waals surface area contributed by atoms with E-state index in [1.54, 1.807) is 13.8 Å². The average Bonchev–Trinajstić information content (AvgIpc) is 1.98. The van der Waals surface area contributed by atoms with Gasteiger partial charge in [0, 0.05) is 16.0 Å². The molecule has 2 atom stereocenters. The quantitative estimate of drug-likeness (QED) is 0.641. The van der Waals surface area contributed by atoms with Crippen LogP contribution < -0.4 is 5.73 Å². The number of aliphatic carboxylic acids is 1. The molecule has 0 aliphatic carbocycles. The van der Waals surface area contributed by atoms with Crippen molar-refractivity contribution in [1.82, 2.24) is 0 Å². The Hall–Kier alpha value is -0.420. The Bertz CT molecular complexity index is 181. The highest BCUT2D eigenvalue weighted by atomic mass is 32.2. The first-order valence-electron chi connectivity index (χ1n) is 3.83. The predicted molar refractivity (Wildman–Crippen MR) is 48.4 cm³/mol. The zero-order valence-corrected chi connectivity index (χ0v) is 8.13. The first-order valence-corrected chi connectivity index (χ1v) is 5.10. The van der Waals surface area contributed by atoms with E-state index in [9.17, 15) is 9.00 Å².